The van der Waals surface area contributed by atoms with Gasteiger partial charge in [-0.3, -0.25) is 4.84 Å². The highest BCUT2D eigenvalue weighted by atomic mass is 16.6. The summed E-state index contributed by atoms with van der Waals surface area (Å²) in [6, 6.07) is 0. The van der Waals surface area contributed by atoms with Crippen LogP contribution in [0.15, 0.2) is 0 Å². The lowest BCUT2D eigenvalue weighted by molar-refractivity contribution is -0.152. The molecule has 0 unspecified atom stereocenters. The van der Waals surface area contributed by atoms with E-state index in [1.165, 1.54) is 0 Å². The van der Waals surface area contributed by atoms with Crippen LogP contribution < -0.4 is 5.90 Å². The molecular formula is C8H17NO4. The van der Waals surface area contributed by atoms with Crippen LogP contribution in [0, 0.1) is 0 Å². The average molecular weight is 191 g/mol. The minimum Gasteiger partial charge on any atom is -0.461 e. The molecule has 0 aliphatic rings. The molecule has 2 N–H and O–H groups in total. The van der Waals surface area contributed by atoms with Crippen LogP contribution in [0.25, 0.3) is 0 Å². The fourth-order valence-corrected chi connectivity index (χ4v) is 0.613. The van der Waals surface area contributed by atoms with Gasteiger partial charge in [-0.05, 0) is 20.8 Å². The van der Waals surface area contributed by atoms with E-state index in [9.17, 15) is 4.79 Å². The SMILES string of the molecule is CC(C)(C)OCCOC(=O)CON. The van der Waals surface area contributed by atoms with Gasteiger partial charge >= 0.3 is 5.97 Å². The molecule has 5 heteroatoms. The van der Waals surface area contributed by atoms with Crippen LogP contribution in [0.3, 0.4) is 0 Å². The predicted octanol–water partition coefficient (Wildman–Crippen LogP) is 0.235. The van der Waals surface area contributed by atoms with E-state index in [1.807, 2.05) is 20.8 Å². The minimum atomic E-state index is -0.486. The van der Waals surface area contributed by atoms with Gasteiger partial charge in [-0.15, -0.1) is 0 Å². The quantitative estimate of drug-likeness (QED) is 0.383. The van der Waals surface area contributed by atoms with Crippen LogP contribution in [-0.4, -0.2) is 31.4 Å². The molecule has 0 rings (SSSR count). The van der Waals surface area contributed by atoms with E-state index in [1.54, 1.807) is 0 Å². The van der Waals surface area contributed by atoms with Gasteiger partial charge in [0.15, 0.2) is 6.61 Å². The van der Waals surface area contributed by atoms with E-state index >= 15 is 0 Å². The average Bonchev–Trinajstić information content (AvgIpc) is 1.97. The number of hydrogen-bond acceptors (Lipinski definition) is 5. The smallest absolute Gasteiger partial charge is 0.334 e. The molecule has 0 aromatic heterocycles. The van der Waals surface area contributed by atoms with E-state index in [4.69, 9.17) is 9.47 Å². The maximum absolute atomic E-state index is 10.7. The molecule has 0 bridgehead atoms. The van der Waals surface area contributed by atoms with Gasteiger partial charge in [-0.1, -0.05) is 0 Å². The third-order valence-corrected chi connectivity index (χ3v) is 1.08. The first kappa shape index (κ1) is 12.3. The monoisotopic (exact) mass is 191 g/mol. The Morgan fingerprint density at radius 1 is 1.31 bits per heavy atom. The van der Waals surface area contributed by atoms with Crippen molar-refractivity contribution in [3.8, 4) is 0 Å². The molecule has 5 nitrogen and oxygen atoms in total. The van der Waals surface area contributed by atoms with Gasteiger partial charge in [-0.25, -0.2) is 10.7 Å². The molecule has 0 atom stereocenters. The number of nitrogens with two attached hydrogens (primary N) is 1. The van der Waals surface area contributed by atoms with Crippen LogP contribution in [0.5, 0.6) is 0 Å². The van der Waals surface area contributed by atoms with Crippen LogP contribution >= 0.6 is 0 Å². The Kier molecular flexibility index (Phi) is 5.61. The zero-order valence-electron chi connectivity index (χ0n) is 8.33. The second-order valence-electron chi connectivity index (χ2n) is 3.49. The molecule has 0 radical (unpaired) electrons. The van der Waals surface area contributed by atoms with Crippen molar-refractivity contribution in [2.24, 2.45) is 5.90 Å². The van der Waals surface area contributed by atoms with Crippen LogP contribution in [0.4, 0.5) is 0 Å². The number of ether oxygens (including phenoxy) is 2. The molecule has 78 valence electrons. The molecule has 0 saturated carbocycles. The minimum absolute atomic E-state index is 0.212. The summed E-state index contributed by atoms with van der Waals surface area (Å²) in [5.74, 6) is 4.18. The topological polar surface area (TPSA) is 70.8 Å². The number of hydrogen-bond donors (Lipinski definition) is 1. The second-order valence-corrected chi connectivity index (χ2v) is 3.49. The van der Waals surface area contributed by atoms with Crippen LogP contribution in [-0.2, 0) is 19.1 Å². The van der Waals surface area contributed by atoms with Crippen LogP contribution in [0.2, 0.25) is 0 Å². The molecule has 0 saturated heterocycles. The highest BCUT2D eigenvalue weighted by Crippen LogP contribution is 2.05. The van der Waals surface area contributed by atoms with E-state index < -0.39 is 5.97 Å². The summed E-state index contributed by atoms with van der Waals surface area (Å²) in [6.45, 7) is 6.15. The highest BCUT2D eigenvalue weighted by molar-refractivity contribution is 5.70. The van der Waals surface area contributed by atoms with E-state index in [0.29, 0.717) is 6.61 Å². The van der Waals surface area contributed by atoms with Gasteiger partial charge in [0.25, 0.3) is 0 Å². The first-order chi connectivity index (χ1) is 5.95. The van der Waals surface area contributed by atoms with Gasteiger partial charge < -0.3 is 9.47 Å². The Morgan fingerprint density at radius 3 is 2.38 bits per heavy atom. The van der Waals surface area contributed by atoms with Crippen molar-refractivity contribution < 1.29 is 19.1 Å². The summed E-state index contributed by atoms with van der Waals surface area (Å²) in [5.41, 5.74) is -0.212. The number of carbonyl (C=O) groups is 1. The standard InChI is InChI=1S/C8H17NO4/c1-8(2,3)12-5-4-11-7(10)6-13-9/h4-6,9H2,1-3H3. The molecule has 0 spiro atoms. The number of carbonyl (C=O) groups excluding carboxylic acids is 1. The Bertz CT molecular complexity index is 153. The maximum Gasteiger partial charge on any atom is 0.334 e. The molecule has 0 heterocycles. The van der Waals surface area contributed by atoms with Gasteiger partial charge in [0.05, 0.1) is 12.2 Å². The van der Waals surface area contributed by atoms with Gasteiger partial charge in [-0.2, -0.15) is 0 Å². The first-order valence-corrected chi connectivity index (χ1v) is 4.07. The van der Waals surface area contributed by atoms with E-state index in [0.717, 1.165) is 0 Å². The van der Waals surface area contributed by atoms with Gasteiger partial charge in [0.2, 0.25) is 0 Å². The lowest BCUT2D eigenvalue weighted by atomic mass is 10.2. The predicted molar refractivity (Wildman–Crippen MR) is 46.8 cm³/mol. The summed E-state index contributed by atoms with van der Waals surface area (Å²) in [7, 11) is 0. The molecule has 0 aliphatic carbocycles. The number of esters is 1. The van der Waals surface area contributed by atoms with Crippen molar-refractivity contribution in [1.82, 2.24) is 0 Å². The molecular weight excluding hydrogens is 174 g/mol. The maximum atomic E-state index is 10.7. The Hall–Kier alpha value is -0.650. The zero-order valence-corrected chi connectivity index (χ0v) is 8.33. The molecule has 13 heavy (non-hydrogen) atoms. The highest BCUT2D eigenvalue weighted by Gasteiger charge is 2.09. The van der Waals surface area contributed by atoms with Crippen molar-refractivity contribution >= 4 is 5.97 Å². The van der Waals surface area contributed by atoms with Gasteiger partial charge in [0, 0.05) is 0 Å². The van der Waals surface area contributed by atoms with E-state index in [-0.39, 0.29) is 18.8 Å². The molecule has 0 aromatic rings. The van der Waals surface area contributed by atoms with Crippen molar-refractivity contribution in [1.29, 1.82) is 0 Å². The number of rotatable bonds is 5. The largest absolute Gasteiger partial charge is 0.461 e. The third kappa shape index (κ3) is 9.26. The Labute approximate surface area is 78.1 Å². The van der Waals surface area contributed by atoms with E-state index in [2.05, 4.69) is 10.7 Å². The fourth-order valence-electron chi connectivity index (χ4n) is 0.613. The summed E-state index contributed by atoms with van der Waals surface area (Å²) in [5, 5.41) is 0. The second kappa shape index (κ2) is 5.90. The molecule has 0 aromatic carbocycles. The molecule has 0 aliphatic heterocycles. The Morgan fingerprint density at radius 2 is 1.92 bits per heavy atom. The van der Waals surface area contributed by atoms with Crippen molar-refractivity contribution in [3.05, 3.63) is 0 Å². The fraction of sp³-hybridized carbons (Fsp3) is 0.875. The lowest BCUT2D eigenvalue weighted by Crippen LogP contribution is -2.24. The molecule has 0 amide bonds. The molecule has 0 fully saturated rings. The van der Waals surface area contributed by atoms with Crippen LogP contribution in [0.1, 0.15) is 20.8 Å². The Balaban J connectivity index is 3.31. The normalized spacial score (nSPS) is 11.4. The van der Waals surface area contributed by atoms with Crippen molar-refractivity contribution in [3.63, 3.8) is 0 Å². The van der Waals surface area contributed by atoms with Gasteiger partial charge in [0.1, 0.15) is 6.61 Å². The van der Waals surface area contributed by atoms with Crippen molar-refractivity contribution in [2.75, 3.05) is 19.8 Å². The first-order valence-electron chi connectivity index (χ1n) is 4.07. The summed E-state index contributed by atoms with van der Waals surface area (Å²) in [6.07, 6.45) is 0. The summed E-state index contributed by atoms with van der Waals surface area (Å²) >= 11 is 0. The van der Waals surface area contributed by atoms with Crippen molar-refractivity contribution in [2.45, 2.75) is 26.4 Å². The zero-order chi connectivity index (χ0) is 10.3. The summed E-state index contributed by atoms with van der Waals surface area (Å²) in [4.78, 5) is 14.8. The lowest BCUT2D eigenvalue weighted by Gasteiger charge is -2.19. The summed E-state index contributed by atoms with van der Waals surface area (Å²) < 4.78 is 10.0. The third-order valence-electron chi connectivity index (χ3n) is 1.08.